The predicted octanol–water partition coefficient (Wildman–Crippen LogP) is 3.32. The molecule has 3 aromatic rings. The highest BCUT2D eigenvalue weighted by atomic mass is 16.5. The lowest BCUT2D eigenvalue weighted by atomic mass is 9.96. The van der Waals surface area contributed by atoms with Gasteiger partial charge in [0.2, 0.25) is 0 Å². The number of carboxylic acid groups (broad SMARTS) is 1. The van der Waals surface area contributed by atoms with Crippen molar-refractivity contribution in [2.45, 2.75) is 37.8 Å². The van der Waals surface area contributed by atoms with E-state index in [1.807, 2.05) is 24.5 Å². The van der Waals surface area contributed by atoms with Gasteiger partial charge in [0.1, 0.15) is 11.6 Å². The van der Waals surface area contributed by atoms with Crippen LogP contribution in [0.25, 0.3) is 11.3 Å². The normalized spacial score (nSPS) is 19.1. The number of H-pyrrole nitrogens is 1. The first kappa shape index (κ1) is 23.0. The third-order valence-electron chi connectivity index (χ3n) is 6.37. The Kier molecular flexibility index (Phi) is 7.74. The Morgan fingerprint density at radius 1 is 1.27 bits per heavy atom. The largest absolute Gasteiger partial charge is 0.497 e. The Labute approximate surface area is 193 Å². The second-order valence-electron chi connectivity index (χ2n) is 8.33. The molecule has 0 aliphatic carbocycles. The van der Waals surface area contributed by atoms with E-state index in [0.29, 0.717) is 12.0 Å². The van der Waals surface area contributed by atoms with Crippen LogP contribution < -0.4 is 4.74 Å². The third-order valence-corrected chi connectivity index (χ3v) is 6.37. The lowest BCUT2D eigenvalue weighted by Gasteiger charge is -2.33. The molecule has 176 valence electrons. The van der Waals surface area contributed by atoms with Crippen molar-refractivity contribution in [3.8, 4) is 17.0 Å². The minimum absolute atomic E-state index is 0.250. The summed E-state index contributed by atoms with van der Waals surface area (Å²) in [6.45, 7) is 4.38. The summed E-state index contributed by atoms with van der Waals surface area (Å²) in [7, 11) is 1.71. The molecule has 9 nitrogen and oxygen atoms in total. The zero-order valence-corrected chi connectivity index (χ0v) is 18.9. The summed E-state index contributed by atoms with van der Waals surface area (Å²) >= 11 is 0. The maximum atomic E-state index is 8.36. The number of aromatic amines is 1. The molecule has 2 aliphatic rings. The summed E-state index contributed by atoms with van der Waals surface area (Å²) in [6.07, 6.45) is 9.06. The van der Waals surface area contributed by atoms with Gasteiger partial charge in [-0.15, -0.1) is 0 Å². The van der Waals surface area contributed by atoms with E-state index >= 15 is 0 Å². The van der Waals surface area contributed by atoms with Gasteiger partial charge in [0, 0.05) is 49.6 Å². The van der Waals surface area contributed by atoms with Gasteiger partial charge >= 0.3 is 0 Å². The molecular formula is C24H31N5O4. The number of hydrogen-bond donors (Lipinski definition) is 2. The number of methoxy groups -OCH3 is 1. The summed E-state index contributed by atoms with van der Waals surface area (Å²) in [5.41, 5.74) is 3.51. The van der Waals surface area contributed by atoms with Crippen LogP contribution in [-0.2, 0) is 16.1 Å². The summed E-state index contributed by atoms with van der Waals surface area (Å²) in [5, 5.41) is 6.89. The first-order chi connectivity index (χ1) is 16.2. The van der Waals surface area contributed by atoms with E-state index < -0.39 is 0 Å². The molecule has 2 fully saturated rings. The van der Waals surface area contributed by atoms with Gasteiger partial charge in [-0.25, -0.2) is 9.97 Å². The summed E-state index contributed by atoms with van der Waals surface area (Å²) in [6, 6.07) is 8.70. The molecule has 0 radical (unpaired) electrons. The monoisotopic (exact) mass is 453 g/mol. The topological polar surface area (TPSA) is 106 Å². The fraction of sp³-hybridized carbons (Fsp3) is 0.458. The quantitative estimate of drug-likeness (QED) is 0.552. The van der Waals surface area contributed by atoms with Crippen LogP contribution in [0.15, 0.2) is 43.0 Å². The van der Waals surface area contributed by atoms with Crippen LogP contribution in [0, 0.1) is 0 Å². The van der Waals surface area contributed by atoms with E-state index in [4.69, 9.17) is 24.4 Å². The van der Waals surface area contributed by atoms with E-state index in [0.717, 1.165) is 74.9 Å². The van der Waals surface area contributed by atoms with Gasteiger partial charge in [0.25, 0.3) is 6.47 Å². The standard InChI is InChI=1S/C23H29N5O2.CH2O2/c1-29-20-4-2-3-17(13-20)22-23(18-7-12-30-15-18)28(16-26-22)19-5-10-27(11-6-19)14-21-24-8-9-25-21;2-1-3/h2-4,8-9,13,16,18-19H,5-7,10-12,14-15H2,1H3,(H,24,25);1H,(H,2,3). The van der Waals surface area contributed by atoms with Gasteiger partial charge < -0.3 is 24.1 Å². The highest BCUT2D eigenvalue weighted by Crippen LogP contribution is 2.37. The van der Waals surface area contributed by atoms with E-state index in [1.165, 1.54) is 5.69 Å². The number of benzene rings is 1. The Balaban J connectivity index is 0.000000821. The van der Waals surface area contributed by atoms with Gasteiger partial charge in [-0.05, 0) is 31.4 Å². The number of nitrogens with zero attached hydrogens (tertiary/aromatic N) is 4. The molecule has 0 amide bonds. The molecule has 9 heteroatoms. The van der Waals surface area contributed by atoms with Crippen LogP contribution in [0.4, 0.5) is 0 Å². The number of nitrogens with one attached hydrogen (secondary N) is 1. The van der Waals surface area contributed by atoms with Crippen LogP contribution in [0.3, 0.4) is 0 Å². The summed E-state index contributed by atoms with van der Waals surface area (Å²) < 4.78 is 13.6. The Morgan fingerprint density at radius 3 is 2.76 bits per heavy atom. The van der Waals surface area contributed by atoms with Crippen LogP contribution in [-0.4, -0.2) is 69.4 Å². The van der Waals surface area contributed by atoms with Gasteiger partial charge in [0.05, 0.1) is 38.0 Å². The molecule has 5 rings (SSSR count). The van der Waals surface area contributed by atoms with Crippen LogP contribution in [0.1, 0.15) is 42.7 Å². The number of ether oxygens (including phenoxy) is 2. The predicted molar refractivity (Wildman–Crippen MR) is 123 cm³/mol. The van der Waals surface area contributed by atoms with Crippen LogP contribution >= 0.6 is 0 Å². The zero-order chi connectivity index (χ0) is 23.0. The molecule has 1 atom stereocenters. The Bertz CT molecular complexity index is 1010. The average molecular weight is 454 g/mol. The van der Waals surface area contributed by atoms with Crippen molar-refractivity contribution in [3.63, 3.8) is 0 Å². The van der Waals surface area contributed by atoms with Gasteiger partial charge in [0.15, 0.2) is 0 Å². The van der Waals surface area contributed by atoms with E-state index in [9.17, 15) is 0 Å². The molecule has 1 aromatic carbocycles. The molecule has 0 bridgehead atoms. The van der Waals surface area contributed by atoms with Gasteiger partial charge in [-0.3, -0.25) is 9.69 Å². The van der Waals surface area contributed by atoms with E-state index in [2.05, 4.69) is 37.9 Å². The SMILES string of the molecule is COc1cccc(-c2ncn(C3CCN(Cc4ncc[nH]4)CC3)c2C2CCOC2)c1.O=CO. The minimum Gasteiger partial charge on any atom is -0.497 e. The lowest BCUT2D eigenvalue weighted by Crippen LogP contribution is -2.35. The van der Waals surface area contributed by atoms with Crippen molar-refractivity contribution in [1.29, 1.82) is 0 Å². The Hall–Kier alpha value is -3.17. The van der Waals surface area contributed by atoms with E-state index in [1.54, 1.807) is 7.11 Å². The Morgan fingerprint density at radius 2 is 2.09 bits per heavy atom. The number of rotatable bonds is 6. The van der Waals surface area contributed by atoms with Crippen molar-refractivity contribution in [3.05, 3.63) is 54.5 Å². The number of likely N-dealkylation sites (tertiary alicyclic amines) is 1. The van der Waals surface area contributed by atoms with Gasteiger partial charge in [-0.1, -0.05) is 12.1 Å². The smallest absolute Gasteiger partial charge is 0.290 e. The maximum absolute atomic E-state index is 8.36. The number of piperidine rings is 1. The summed E-state index contributed by atoms with van der Waals surface area (Å²) in [5.74, 6) is 2.30. The fourth-order valence-electron chi connectivity index (χ4n) is 4.76. The minimum atomic E-state index is -0.250. The van der Waals surface area contributed by atoms with E-state index in [-0.39, 0.29) is 6.47 Å². The van der Waals surface area contributed by atoms with Crippen LogP contribution in [0.5, 0.6) is 5.75 Å². The average Bonchev–Trinajstić information content (AvgIpc) is 3.61. The number of aromatic nitrogens is 4. The molecule has 1 unspecified atom stereocenters. The number of imidazole rings is 2. The molecule has 2 saturated heterocycles. The molecular weight excluding hydrogens is 422 g/mol. The maximum Gasteiger partial charge on any atom is 0.290 e. The van der Waals surface area contributed by atoms with Gasteiger partial charge in [-0.2, -0.15) is 0 Å². The molecule has 0 saturated carbocycles. The molecule has 0 spiro atoms. The highest BCUT2D eigenvalue weighted by Gasteiger charge is 2.30. The molecule has 2 aromatic heterocycles. The lowest BCUT2D eigenvalue weighted by molar-refractivity contribution is -0.122. The second kappa shape index (κ2) is 11.1. The van der Waals surface area contributed by atoms with Crippen LogP contribution in [0.2, 0.25) is 0 Å². The second-order valence-corrected chi connectivity index (χ2v) is 8.33. The fourth-order valence-corrected chi connectivity index (χ4v) is 4.76. The summed E-state index contributed by atoms with van der Waals surface area (Å²) in [4.78, 5) is 23.3. The first-order valence-corrected chi connectivity index (χ1v) is 11.3. The van der Waals surface area contributed by atoms with Crippen molar-refractivity contribution in [2.75, 3.05) is 33.4 Å². The highest BCUT2D eigenvalue weighted by molar-refractivity contribution is 5.64. The molecule has 33 heavy (non-hydrogen) atoms. The number of hydrogen-bond acceptors (Lipinski definition) is 6. The van der Waals surface area contributed by atoms with Crippen molar-refractivity contribution < 1.29 is 19.4 Å². The zero-order valence-electron chi connectivity index (χ0n) is 18.9. The van der Waals surface area contributed by atoms with Crippen molar-refractivity contribution in [1.82, 2.24) is 24.4 Å². The van der Waals surface area contributed by atoms with Crippen molar-refractivity contribution >= 4 is 6.47 Å². The van der Waals surface area contributed by atoms with Crippen molar-refractivity contribution in [2.24, 2.45) is 0 Å². The third kappa shape index (κ3) is 5.43. The molecule has 2 N–H and O–H groups in total. The first-order valence-electron chi connectivity index (χ1n) is 11.3. The number of carbonyl (C=O) groups is 1. The molecule has 4 heterocycles. The molecule has 2 aliphatic heterocycles.